The summed E-state index contributed by atoms with van der Waals surface area (Å²) in [7, 11) is 1.56. The standard InChI is InChI=1S/C21H17Cl2N3O2S.ClH/c1-3-26-11-10-24-20(26)19(29)21(28)25(2)17-9-8-13(22)12-15(17)18(27)14-6-4-5-7-16(14)23;/h4-12H,3H2,1-2H3;1H. The van der Waals surface area contributed by atoms with Crippen LogP contribution in [0.1, 0.15) is 28.7 Å². The fourth-order valence-corrected chi connectivity index (χ4v) is 3.60. The number of likely N-dealkylation sites (N-methyl/N-ethyl adjacent to an activating group) is 1. The molecule has 0 saturated carbocycles. The molecule has 0 saturated heterocycles. The highest BCUT2D eigenvalue weighted by molar-refractivity contribution is 7.82. The Morgan fingerprint density at radius 2 is 1.83 bits per heavy atom. The van der Waals surface area contributed by atoms with Gasteiger partial charge < -0.3 is 9.47 Å². The highest BCUT2D eigenvalue weighted by Gasteiger charge is 2.25. The first-order chi connectivity index (χ1) is 13.8. The van der Waals surface area contributed by atoms with Crippen molar-refractivity contribution >= 4 is 70.1 Å². The van der Waals surface area contributed by atoms with Crippen molar-refractivity contribution in [3.05, 3.63) is 81.9 Å². The van der Waals surface area contributed by atoms with Crippen LogP contribution >= 0.6 is 47.8 Å². The minimum absolute atomic E-state index is 0. The van der Waals surface area contributed by atoms with Gasteiger partial charge in [0, 0.05) is 42.1 Å². The van der Waals surface area contributed by atoms with Crippen LogP contribution in [0.2, 0.25) is 10.0 Å². The van der Waals surface area contributed by atoms with E-state index >= 15 is 0 Å². The lowest BCUT2D eigenvalue weighted by Gasteiger charge is -2.21. The first kappa shape index (κ1) is 24.0. The Labute approximate surface area is 196 Å². The summed E-state index contributed by atoms with van der Waals surface area (Å²) in [4.78, 5) is 31.7. The molecule has 0 spiro atoms. The van der Waals surface area contributed by atoms with Gasteiger partial charge in [-0.25, -0.2) is 4.98 Å². The molecule has 0 radical (unpaired) electrons. The van der Waals surface area contributed by atoms with E-state index < -0.39 is 5.91 Å². The largest absolute Gasteiger partial charge is 0.330 e. The van der Waals surface area contributed by atoms with E-state index in [0.717, 1.165) is 0 Å². The van der Waals surface area contributed by atoms with E-state index in [0.29, 0.717) is 33.7 Å². The minimum atomic E-state index is -0.448. The average molecular weight is 483 g/mol. The molecule has 9 heteroatoms. The van der Waals surface area contributed by atoms with Crippen LogP contribution in [-0.4, -0.2) is 33.2 Å². The van der Waals surface area contributed by atoms with Crippen LogP contribution in [0.15, 0.2) is 54.9 Å². The lowest BCUT2D eigenvalue weighted by atomic mass is 10.0. The number of thiocarbonyl (C=S) groups is 1. The van der Waals surface area contributed by atoms with Gasteiger partial charge in [-0.1, -0.05) is 47.6 Å². The van der Waals surface area contributed by atoms with Crippen LogP contribution in [0.5, 0.6) is 0 Å². The Morgan fingerprint density at radius 1 is 1.13 bits per heavy atom. The van der Waals surface area contributed by atoms with Crippen molar-refractivity contribution in [1.29, 1.82) is 0 Å². The molecular formula is C21H18Cl3N3O2S. The van der Waals surface area contributed by atoms with Crippen molar-refractivity contribution in [1.82, 2.24) is 9.55 Å². The average Bonchev–Trinajstić information content (AvgIpc) is 3.20. The Kier molecular flexibility index (Phi) is 8.15. The number of halogens is 3. The van der Waals surface area contributed by atoms with Crippen molar-refractivity contribution in [2.75, 3.05) is 11.9 Å². The molecule has 0 fully saturated rings. The fourth-order valence-electron chi connectivity index (χ4n) is 2.90. The van der Waals surface area contributed by atoms with Crippen LogP contribution in [-0.2, 0) is 11.3 Å². The number of hydrogen-bond acceptors (Lipinski definition) is 4. The van der Waals surface area contributed by atoms with E-state index in [1.165, 1.54) is 11.0 Å². The highest BCUT2D eigenvalue weighted by atomic mass is 35.5. The van der Waals surface area contributed by atoms with Crippen LogP contribution in [0.3, 0.4) is 0 Å². The summed E-state index contributed by atoms with van der Waals surface area (Å²) in [5.41, 5.74) is 0.951. The molecule has 0 aliphatic carbocycles. The summed E-state index contributed by atoms with van der Waals surface area (Å²) < 4.78 is 1.78. The van der Waals surface area contributed by atoms with Gasteiger partial charge in [0.1, 0.15) is 4.86 Å². The second-order valence-electron chi connectivity index (χ2n) is 6.20. The van der Waals surface area contributed by atoms with Gasteiger partial charge in [-0.15, -0.1) is 12.4 Å². The number of rotatable bonds is 6. The number of aryl methyl sites for hydroxylation is 1. The van der Waals surface area contributed by atoms with E-state index in [9.17, 15) is 9.59 Å². The number of carbonyl (C=O) groups excluding carboxylic acids is 2. The maximum Gasteiger partial charge on any atom is 0.272 e. The van der Waals surface area contributed by atoms with E-state index in [2.05, 4.69) is 4.98 Å². The number of amides is 1. The summed E-state index contributed by atoms with van der Waals surface area (Å²) >= 11 is 17.7. The third-order valence-electron chi connectivity index (χ3n) is 4.44. The number of aromatic nitrogens is 2. The lowest BCUT2D eigenvalue weighted by Crippen LogP contribution is -2.35. The van der Waals surface area contributed by atoms with Crippen LogP contribution in [0, 0.1) is 0 Å². The first-order valence-electron chi connectivity index (χ1n) is 8.77. The van der Waals surface area contributed by atoms with Gasteiger partial charge in [0.05, 0.1) is 10.7 Å². The predicted octanol–water partition coefficient (Wildman–Crippen LogP) is 5.24. The Balaban J connectivity index is 0.00000320. The highest BCUT2D eigenvalue weighted by Crippen LogP contribution is 2.29. The summed E-state index contributed by atoms with van der Waals surface area (Å²) in [6, 6.07) is 11.5. The second kappa shape index (κ2) is 10.2. The maximum atomic E-state index is 13.1. The molecule has 30 heavy (non-hydrogen) atoms. The van der Waals surface area contributed by atoms with Gasteiger partial charge in [-0.05, 0) is 37.3 Å². The van der Waals surface area contributed by atoms with Gasteiger partial charge in [-0.2, -0.15) is 0 Å². The zero-order valence-corrected chi connectivity index (χ0v) is 19.3. The third kappa shape index (κ3) is 4.73. The van der Waals surface area contributed by atoms with Crippen LogP contribution in [0.25, 0.3) is 0 Å². The molecule has 0 unspecified atom stereocenters. The lowest BCUT2D eigenvalue weighted by molar-refractivity contribution is -0.112. The predicted molar refractivity (Wildman–Crippen MR) is 127 cm³/mol. The minimum Gasteiger partial charge on any atom is -0.330 e. The first-order valence-corrected chi connectivity index (χ1v) is 9.93. The van der Waals surface area contributed by atoms with Crippen molar-refractivity contribution in [2.45, 2.75) is 13.5 Å². The maximum absolute atomic E-state index is 13.1. The molecule has 3 rings (SSSR count). The molecule has 1 heterocycles. The molecule has 0 N–H and O–H groups in total. The molecule has 156 valence electrons. The van der Waals surface area contributed by atoms with E-state index in [-0.39, 0.29) is 28.6 Å². The van der Waals surface area contributed by atoms with Gasteiger partial charge in [-0.3, -0.25) is 9.59 Å². The molecule has 1 amide bonds. The number of hydrogen-bond donors (Lipinski definition) is 0. The van der Waals surface area contributed by atoms with Crippen molar-refractivity contribution in [3.8, 4) is 0 Å². The number of imidazole rings is 1. The molecule has 0 atom stereocenters. The van der Waals surface area contributed by atoms with E-state index in [4.69, 9.17) is 35.4 Å². The molecule has 2 aromatic carbocycles. The van der Waals surface area contributed by atoms with Crippen molar-refractivity contribution < 1.29 is 9.59 Å². The molecule has 5 nitrogen and oxygen atoms in total. The quantitative estimate of drug-likeness (QED) is 0.356. The molecule has 1 aromatic heterocycles. The molecule has 0 aliphatic rings. The molecule has 3 aromatic rings. The molecule has 0 bridgehead atoms. The Morgan fingerprint density at radius 3 is 2.50 bits per heavy atom. The molecule has 0 aliphatic heterocycles. The number of ketones is 1. The SMILES string of the molecule is CCn1ccnc1C(=S)C(=O)N(C)c1ccc(Cl)cc1C(=O)c1ccccc1Cl.Cl. The van der Waals surface area contributed by atoms with Gasteiger partial charge >= 0.3 is 0 Å². The topological polar surface area (TPSA) is 55.2 Å². The van der Waals surface area contributed by atoms with Crippen LogP contribution < -0.4 is 4.90 Å². The monoisotopic (exact) mass is 481 g/mol. The Bertz CT molecular complexity index is 1110. The summed E-state index contributed by atoms with van der Waals surface area (Å²) in [6.07, 6.45) is 3.34. The normalized spacial score (nSPS) is 10.3. The van der Waals surface area contributed by atoms with Crippen molar-refractivity contribution in [2.24, 2.45) is 0 Å². The summed E-state index contributed by atoms with van der Waals surface area (Å²) in [5.74, 6) is -0.377. The summed E-state index contributed by atoms with van der Waals surface area (Å²) in [5, 5.41) is 0.687. The zero-order chi connectivity index (χ0) is 21.1. The number of benzene rings is 2. The van der Waals surface area contributed by atoms with Crippen molar-refractivity contribution in [3.63, 3.8) is 0 Å². The summed E-state index contributed by atoms with van der Waals surface area (Å²) in [6.45, 7) is 2.56. The smallest absolute Gasteiger partial charge is 0.272 e. The fraction of sp³-hybridized carbons (Fsp3) is 0.143. The van der Waals surface area contributed by atoms with E-state index in [1.807, 2.05) is 6.92 Å². The van der Waals surface area contributed by atoms with Gasteiger partial charge in [0.2, 0.25) is 0 Å². The van der Waals surface area contributed by atoms with Crippen LogP contribution in [0.4, 0.5) is 5.69 Å². The van der Waals surface area contributed by atoms with E-state index in [1.54, 1.807) is 60.4 Å². The number of carbonyl (C=O) groups is 2. The zero-order valence-electron chi connectivity index (χ0n) is 16.1. The Hall–Kier alpha value is -2.25. The molecular weight excluding hydrogens is 465 g/mol. The number of anilines is 1. The second-order valence-corrected chi connectivity index (χ2v) is 7.45. The van der Waals surface area contributed by atoms with Gasteiger partial charge in [0.15, 0.2) is 11.6 Å². The van der Waals surface area contributed by atoms with Gasteiger partial charge in [0.25, 0.3) is 5.91 Å². The third-order valence-corrected chi connectivity index (χ3v) is 5.36. The number of nitrogens with zero attached hydrogens (tertiary/aromatic N) is 3.